The van der Waals surface area contributed by atoms with Crippen LogP contribution in [0.3, 0.4) is 0 Å². The van der Waals surface area contributed by atoms with Gasteiger partial charge >= 0.3 is 0 Å². The number of hydrogen-bond acceptors (Lipinski definition) is 3. The van der Waals surface area contributed by atoms with Crippen LogP contribution in [-0.2, 0) is 37.4 Å². The van der Waals surface area contributed by atoms with E-state index in [2.05, 4.69) is 17.0 Å². The van der Waals surface area contributed by atoms with Crippen LogP contribution in [0.1, 0.15) is 36.0 Å². The molecule has 1 amide bonds. The van der Waals surface area contributed by atoms with Crippen molar-refractivity contribution in [1.82, 2.24) is 24.2 Å². The molecule has 3 heterocycles. The minimum absolute atomic E-state index is 0.135. The Morgan fingerprint density at radius 2 is 2.04 bits per heavy atom. The predicted molar refractivity (Wildman–Crippen MR) is 98.2 cm³/mol. The number of carbonyl (C=O) groups is 1. The van der Waals surface area contributed by atoms with Gasteiger partial charge in [0.25, 0.3) is 0 Å². The number of benzene rings is 1. The van der Waals surface area contributed by atoms with E-state index in [9.17, 15) is 9.18 Å². The zero-order chi connectivity index (χ0) is 18.8. The molecule has 140 valence electrons. The molecule has 0 N–H and O–H groups in total. The summed E-state index contributed by atoms with van der Waals surface area (Å²) in [5.74, 6) is 0.892. The van der Waals surface area contributed by atoms with E-state index in [0.717, 1.165) is 29.1 Å². The first-order valence-corrected chi connectivity index (χ1v) is 9.20. The van der Waals surface area contributed by atoms with Crippen LogP contribution in [-0.4, -0.2) is 30.1 Å². The van der Waals surface area contributed by atoms with Gasteiger partial charge in [0.15, 0.2) is 0 Å². The number of nitrogens with zero attached hydrogens (tertiary/aromatic N) is 5. The molecule has 1 aliphatic rings. The van der Waals surface area contributed by atoms with Crippen molar-refractivity contribution >= 4 is 5.91 Å². The van der Waals surface area contributed by atoms with Crippen molar-refractivity contribution in [3.63, 3.8) is 0 Å². The molecule has 0 spiro atoms. The number of carbonyl (C=O) groups excluding carboxylic acids is 1. The maximum atomic E-state index is 13.1. The number of amides is 1. The molecule has 3 aromatic rings. The normalized spacial score (nSPS) is 13.2. The van der Waals surface area contributed by atoms with E-state index in [-0.39, 0.29) is 11.7 Å². The van der Waals surface area contributed by atoms with Crippen LogP contribution in [0.2, 0.25) is 0 Å². The highest BCUT2D eigenvalue weighted by Crippen LogP contribution is 2.24. The molecule has 7 heteroatoms. The maximum absolute atomic E-state index is 13.1. The summed E-state index contributed by atoms with van der Waals surface area (Å²) in [6.07, 6.45) is 6.84. The van der Waals surface area contributed by atoms with Gasteiger partial charge in [-0.3, -0.25) is 9.48 Å². The van der Waals surface area contributed by atoms with Gasteiger partial charge in [-0.25, -0.2) is 9.37 Å². The molecule has 6 nitrogen and oxygen atoms in total. The Bertz CT molecular complexity index is 944. The van der Waals surface area contributed by atoms with E-state index < -0.39 is 0 Å². The summed E-state index contributed by atoms with van der Waals surface area (Å²) in [4.78, 5) is 18.8. The Balaban J connectivity index is 1.38. The number of rotatable bonds is 6. The summed E-state index contributed by atoms with van der Waals surface area (Å²) in [5.41, 5.74) is 3.13. The third-order valence-electron chi connectivity index (χ3n) is 5.02. The lowest BCUT2D eigenvalue weighted by Gasteiger charge is -2.17. The van der Waals surface area contributed by atoms with Crippen LogP contribution in [0.25, 0.3) is 0 Å². The highest BCUT2D eigenvalue weighted by molar-refractivity contribution is 5.76. The number of imidazole rings is 1. The van der Waals surface area contributed by atoms with Crippen LogP contribution in [0.4, 0.5) is 4.39 Å². The number of fused-ring (bicyclic) bond motifs is 1. The molecule has 1 aliphatic heterocycles. The van der Waals surface area contributed by atoms with E-state index in [0.29, 0.717) is 32.6 Å². The molecule has 0 atom stereocenters. The fourth-order valence-electron chi connectivity index (χ4n) is 3.51. The van der Waals surface area contributed by atoms with E-state index in [1.165, 1.54) is 12.1 Å². The molecule has 0 aliphatic carbocycles. The van der Waals surface area contributed by atoms with Crippen LogP contribution in [0.15, 0.2) is 42.9 Å². The fraction of sp³-hybridized carbons (Fsp3) is 0.350. The Hall–Kier alpha value is -2.96. The minimum Gasteiger partial charge on any atom is -0.334 e. The van der Waals surface area contributed by atoms with Crippen molar-refractivity contribution in [2.24, 2.45) is 0 Å². The topological polar surface area (TPSA) is 56.0 Å². The lowest BCUT2D eigenvalue weighted by molar-refractivity contribution is -0.132. The molecular formula is C20H22FN5O. The molecule has 0 unspecified atom stereocenters. The Labute approximate surface area is 157 Å². The second kappa shape index (κ2) is 7.34. The molecule has 0 bridgehead atoms. The zero-order valence-corrected chi connectivity index (χ0v) is 15.3. The van der Waals surface area contributed by atoms with Crippen LogP contribution in [0, 0.1) is 5.82 Å². The Morgan fingerprint density at radius 3 is 2.81 bits per heavy atom. The van der Waals surface area contributed by atoms with E-state index in [1.54, 1.807) is 18.3 Å². The largest absolute Gasteiger partial charge is 0.334 e. The summed E-state index contributed by atoms with van der Waals surface area (Å²) in [7, 11) is 0. The van der Waals surface area contributed by atoms with Crippen LogP contribution >= 0.6 is 0 Å². The summed E-state index contributed by atoms with van der Waals surface area (Å²) in [6.45, 7) is 4.45. The highest BCUT2D eigenvalue weighted by atomic mass is 19.1. The van der Waals surface area contributed by atoms with Gasteiger partial charge in [-0.1, -0.05) is 19.1 Å². The molecule has 0 radical (unpaired) electrons. The summed E-state index contributed by atoms with van der Waals surface area (Å²) < 4.78 is 17.0. The van der Waals surface area contributed by atoms with Crippen molar-refractivity contribution in [3.8, 4) is 0 Å². The number of aryl methyl sites for hydroxylation is 2. The van der Waals surface area contributed by atoms with E-state index in [1.807, 2.05) is 26.5 Å². The average molecular weight is 367 g/mol. The first-order chi connectivity index (χ1) is 13.1. The highest BCUT2D eigenvalue weighted by Gasteiger charge is 2.27. The molecular weight excluding hydrogens is 345 g/mol. The zero-order valence-electron chi connectivity index (χ0n) is 15.3. The molecule has 4 rings (SSSR count). The molecule has 1 aromatic carbocycles. The first-order valence-electron chi connectivity index (χ1n) is 9.20. The van der Waals surface area contributed by atoms with Gasteiger partial charge < -0.3 is 9.47 Å². The summed E-state index contributed by atoms with van der Waals surface area (Å²) >= 11 is 0. The fourth-order valence-corrected chi connectivity index (χ4v) is 3.51. The smallest absolute Gasteiger partial charge is 0.225 e. The van der Waals surface area contributed by atoms with Crippen molar-refractivity contribution < 1.29 is 9.18 Å². The van der Waals surface area contributed by atoms with Gasteiger partial charge in [-0.2, -0.15) is 5.10 Å². The van der Waals surface area contributed by atoms with Gasteiger partial charge in [0.1, 0.15) is 11.6 Å². The lowest BCUT2D eigenvalue weighted by Crippen LogP contribution is -2.27. The number of halogens is 1. The molecule has 2 aromatic heterocycles. The van der Waals surface area contributed by atoms with Gasteiger partial charge in [0.2, 0.25) is 5.91 Å². The molecule has 0 fully saturated rings. The number of hydrogen-bond donors (Lipinski definition) is 0. The van der Waals surface area contributed by atoms with Gasteiger partial charge in [-0.15, -0.1) is 0 Å². The second-order valence-electron chi connectivity index (χ2n) is 6.79. The Kier molecular flexibility index (Phi) is 4.75. The third kappa shape index (κ3) is 3.63. The quantitative estimate of drug-likeness (QED) is 0.673. The van der Waals surface area contributed by atoms with Gasteiger partial charge in [-0.05, 0) is 17.7 Å². The molecule has 0 saturated heterocycles. The first kappa shape index (κ1) is 17.5. The van der Waals surface area contributed by atoms with E-state index in [4.69, 9.17) is 0 Å². The second-order valence-corrected chi connectivity index (χ2v) is 6.79. The minimum atomic E-state index is -0.245. The summed E-state index contributed by atoms with van der Waals surface area (Å²) in [5, 5.41) is 4.43. The third-order valence-corrected chi connectivity index (χ3v) is 5.02. The van der Waals surface area contributed by atoms with Crippen LogP contribution in [0.5, 0.6) is 0 Å². The van der Waals surface area contributed by atoms with Crippen molar-refractivity contribution in [1.29, 1.82) is 0 Å². The number of aromatic nitrogens is 4. The lowest BCUT2D eigenvalue weighted by atomic mass is 10.2. The summed E-state index contributed by atoms with van der Waals surface area (Å²) in [6, 6.07) is 6.43. The van der Waals surface area contributed by atoms with E-state index >= 15 is 0 Å². The van der Waals surface area contributed by atoms with Crippen molar-refractivity contribution in [3.05, 3.63) is 71.3 Å². The molecule has 0 saturated carbocycles. The SMILES string of the molecule is CCc1nccn1CCC(=O)N1Cc2cnn(Cc3ccc(F)cc3)c2C1. The maximum Gasteiger partial charge on any atom is 0.225 e. The monoisotopic (exact) mass is 367 g/mol. The van der Waals surface area contributed by atoms with Gasteiger partial charge in [0, 0.05) is 43.9 Å². The standard InChI is InChI=1S/C20H22FN5O/c1-2-19-22-8-10-24(19)9-7-20(27)25-13-16-11-23-26(18(16)14-25)12-15-3-5-17(21)6-4-15/h3-6,8,10-11H,2,7,9,12-14H2,1H3. The van der Waals surface area contributed by atoms with Crippen LogP contribution < -0.4 is 0 Å². The van der Waals surface area contributed by atoms with Crippen molar-refractivity contribution in [2.45, 2.75) is 45.9 Å². The van der Waals surface area contributed by atoms with Gasteiger partial charge in [0.05, 0.1) is 25.0 Å². The van der Waals surface area contributed by atoms with Crippen molar-refractivity contribution in [2.75, 3.05) is 0 Å². The Morgan fingerprint density at radius 1 is 1.22 bits per heavy atom. The predicted octanol–water partition coefficient (Wildman–Crippen LogP) is 2.76. The molecule has 27 heavy (non-hydrogen) atoms. The average Bonchev–Trinajstić information content (AvgIpc) is 3.38.